The molecule has 0 bridgehead atoms. The standard InChI is InChI=1S/C17H16ClFN2O2/c18-16-3-1-2-14(20-16)17(23)21(13-8-9-13)10-15(22)11-4-6-12(19)7-5-11/h1-7,13,15,22H,8-10H2. The van der Waals surface area contributed by atoms with Gasteiger partial charge >= 0.3 is 0 Å². The third-order valence-electron chi connectivity index (χ3n) is 3.81. The van der Waals surface area contributed by atoms with Crippen molar-refractivity contribution in [2.45, 2.75) is 25.0 Å². The zero-order chi connectivity index (χ0) is 16.4. The highest BCUT2D eigenvalue weighted by Gasteiger charge is 2.35. The quantitative estimate of drug-likeness (QED) is 0.854. The SMILES string of the molecule is O=C(c1cccc(Cl)n1)N(CC(O)c1ccc(F)cc1)C1CC1. The number of pyridine rings is 1. The van der Waals surface area contributed by atoms with E-state index in [2.05, 4.69) is 4.98 Å². The third-order valence-corrected chi connectivity index (χ3v) is 4.02. The molecule has 1 atom stereocenters. The van der Waals surface area contributed by atoms with Gasteiger partial charge in [0.05, 0.1) is 12.6 Å². The molecule has 1 N–H and O–H groups in total. The van der Waals surface area contributed by atoms with Crippen molar-refractivity contribution in [3.8, 4) is 0 Å². The number of aliphatic hydroxyl groups is 1. The second kappa shape index (κ2) is 6.64. The highest BCUT2D eigenvalue weighted by atomic mass is 35.5. The lowest BCUT2D eigenvalue weighted by molar-refractivity contribution is 0.0597. The van der Waals surface area contributed by atoms with Crippen LogP contribution in [0.25, 0.3) is 0 Å². The number of benzene rings is 1. The first-order valence-electron chi connectivity index (χ1n) is 7.41. The molecule has 120 valence electrons. The molecule has 1 aromatic heterocycles. The molecule has 0 spiro atoms. The van der Waals surface area contributed by atoms with Crippen LogP contribution in [0.3, 0.4) is 0 Å². The highest BCUT2D eigenvalue weighted by molar-refractivity contribution is 6.29. The Morgan fingerprint density at radius 1 is 1.30 bits per heavy atom. The zero-order valence-electron chi connectivity index (χ0n) is 12.3. The first kappa shape index (κ1) is 15.9. The van der Waals surface area contributed by atoms with Crippen LogP contribution in [0.4, 0.5) is 4.39 Å². The summed E-state index contributed by atoms with van der Waals surface area (Å²) >= 11 is 5.84. The first-order valence-corrected chi connectivity index (χ1v) is 7.79. The zero-order valence-corrected chi connectivity index (χ0v) is 13.1. The van der Waals surface area contributed by atoms with Crippen LogP contribution in [0.5, 0.6) is 0 Å². The molecule has 1 saturated carbocycles. The maximum absolute atomic E-state index is 13.0. The summed E-state index contributed by atoms with van der Waals surface area (Å²) in [6, 6.07) is 10.6. The summed E-state index contributed by atoms with van der Waals surface area (Å²) in [6.45, 7) is 0.142. The van der Waals surface area contributed by atoms with Crippen molar-refractivity contribution in [3.63, 3.8) is 0 Å². The largest absolute Gasteiger partial charge is 0.387 e. The number of aliphatic hydroxyl groups excluding tert-OH is 1. The summed E-state index contributed by atoms with van der Waals surface area (Å²) in [7, 11) is 0. The Bertz CT molecular complexity index is 704. The Labute approximate surface area is 138 Å². The summed E-state index contributed by atoms with van der Waals surface area (Å²) in [5.74, 6) is -0.615. The van der Waals surface area contributed by atoms with Crippen molar-refractivity contribution >= 4 is 17.5 Å². The Hall–Kier alpha value is -1.98. The lowest BCUT2D eigenvalue weighted by Gasteiger charge is -2.25. The lowest BCUT2D eigenvalue weighted by atomic mass is 10.1. The van der Waals surface area contributed by atoms with Crippen LogP contribution < -0.4 is 0 Å². The Morgan fingerprint density at radius 2 is 2.00 bits per heavy atom. The van der Waals surface area contributed by atoms with Gasteiger partial charge in [0.25, 0.3) is 5.91 Å². The van der Waals surface area contributed by atoms with E-state index in [1.165, 1.54) is 24.3 Å². The molecular weight excluding hydrogens is 319 g/mol. The molecule has 6 heteroatoms. The molecular formula is C17H16ClFN2O2. The van der Waals surface area contributed by atoms with Gasteiger partial charge in [0.1, 0.15) is 16.7 Å². The van der Waals surface area contributed by atoms with Gasteiger partial charge in [-0.1, -0.05) is 29.8 Å². The topological polar surface area (TPSA) is 53.4 Å². The van der Waals surface area contributed by atoms with Crippen molar-refractivity contribution in [1.82, 2.24) is 9.88 Å². The van der Waals surface area contributed by atoms with E-state index in [9.17, 15) is 14.3 Å². The van der Waals surface area contributed by atoms with Crippen molar-refractivity contribution in [1.29, 1.82) is 0 Å². The number of amides is 1. The van der Waals surface area contributed by atoms with Gasteiger partial charge in [0.2, 0.25) is 0 Å². The van der Waals surface area contributed by atoms with Crippen molar-refractivity contribution in [2.75, 3.05) is 6.54 Å². The summed E-state index contributed by atoms with van der Waals surface area (Å²) < 4.78 is 13.0. The Morgan fingerprint density at radius 3 is 2.61 bits per heavy atom. The fourth-order valence-electron chi connectivity index (χ4n) is 2.44. The summed E-state index contributed by atoms with van der Waals surface area (Å²) in [5, 5.41) is 10.6. The van der Waals surface area contributed by atoms with Gasteiger partial charge in [0.15, 0.2) is 0 Å². The number of carbonyl (C=O) groups is 1. The molecule has 3 rings (SSSR count). The Kier molecular flexibility index (Phi) is 4.59. The van der Waals surface area contributed by atoms with E-state index >= 15 is 0 Å². The molecule has 1 aliphatic rings. The van der Waals surface area contributed by atoms with Crippen LogP contribution in [0.15, 0.2) is 42.5 Å². The molecule has 0 aliphatic heterocycles. The molecule has 1 aromatic carbocycles. The van der Waals surface area contributed by atoms with E-state index < -0.39 is 6.10 Å². The van der Waals surface area contributed by atoms with E-state index in [1.54, 1.807) is 23.1 Å². The average molecular weight is 335 g/mol. The number of aromatic nitrogens is 1. The van der Waals surface area contributed by atoms with Gasteiger partial charge in [-0.3, -0.25) is 4.79 Å². The number of rotatable bonds is 5. The molecule has 1 fully saturated rings. The van der Waals surface area contributed by atoms with Gasteiger partial charge in [0, 0.05) is 6.04 Å². The first-order chi connectivity index (χ1) is 11.0. The van der Waals surface area contributed by atoms with Crippen LogP contribution >= 0.6 is 11.6 Å². The van der Waals surface area contributed by atoms with Gasteiger partial charge < -0.3 is 10.0 Å². The van der Waals surface area contributed by atoms with Crippen molar-refractivity contribution < 1.29 is 14.3 Å². The molecule has 0 radical (unpaired) electrons. The number of hydrogen-bond donors (Lipinski definition) is 1. The normalized spacial score (nSPS) is 15.3. The van der Waals surface area contributed by atoms with Crippen molar-refractivity contribution in [2.24, 2.45) is 0 Å². The number of nitrogens with zero attached hydrogens (tertiary/aromatic N) is 2. The molecule has 1 heterocycles. The monoisotopic (exact) mass is 334 g/mol. The maximum atomic E-state index is 13.0. The van der Waals surface area contributed by atoms with Gasteiger partial charge in [-0.15, -0.1) is 0 Å². The van der Waals surface area contributed by atoms with Crippen LogP contribution in [0, 0.1) is 5.82 Å². The van der Waals surface area contributed by atoms with Crippen LogP contribution in [-0.2, 0) is 0 Å². The highest BCUT2D eigenvalue weighted by Crippen LogP contribution is 2.30. The minimum Gasteiger partial charge on any atom is -0.387 e. The molecule has 1 unspecified atom stereocenters. The smallest absolute Gasteiger partial charge is 0.272 e. The molecule has 4 nitrogen and oxygen atoms in total. The molecule has 1 amide bonds. The fraction of sp³-hybridized carbons (Fsp3) is 0.294. The summed E-state index contributed by atoms with van der Waals surface area (Å²) in [6.07, 6.45) is 0.935. The van der Waals surface area contributed by atoms with Crippen molar-refractivity contribution in [3.05, 3.63) is 64.7 Å². The Balaban J connectivity index is 1.76. The van der Waals surface area contributed by atoms with E-state index in [-0.39, 0.29) is 35.2 Å². The average Bonchev–Trinajstić information content (AvgIpc) is 3.37. The van der Waals surface area contributed by atoms with E-state index in [4.69, 9.17) is 11.6 Å². The van der Waals surface area contributed by atoms with Gasteiger partial charge in [-0.25, -0.2) is 9.37 Å². The molecule has 1 aliphatic carbocycles. The molecule has 2 aromatic rings. The van der Waals surface area contributed by atoms with Gasteiger partial charge in [-0.05, 0) is 42.7 Å². The van der Waals surface area contributed by atoms with Crippen LogP contribution in [0.1, 0.15) is 35.0 Å². The number of hydrogen-bond acceptors (Lipinski definition) is 3. The number of halogens is 2. The van der Waals surface area contributed by atoms with Crippen LogP contribution in [-0.4, -0.2) is 33.5 Å². The predicted molar refractivity (Wildman–Crippen MR) is 84.7 cm³/mol. The third kappa shape index (κ3) is 3.86. The minimum atomic E-state index is -0.876. The van der Waals surface area contributed by atoms with Gasteiger partial charge in [-0.2, -0.15) is 0 Å². The maximum Gasteiger partial charge on any atom is 0.272 e. The number of carbonyl (C=O) groups excluding carboxylic acids is 1. The second-order valence-corrected chi connectivity index (χ2v) is 5.99. The van der Waals surface area contributed by atoms with Crippen LogP contribution in [0.2, 0.25) is 5.15 Å². The molecule has 0 saturated heterocycles. The predicted octanol–water partition coefficient (Wildman–Crippen LogP) is 3.21. The minimum absolute atomic E-state index is 0.110. The lowest BCUT2D eigenvalue weighted by Crippen LogP contribution is -2.37. The van der Waals surface area contributed by atoms with E-state index in [0.717, 1.165) is 12.8 Å². The molecule has 23 heavy (non-hydrogen) atoms. The summed E-state index contributed by atoms with van der Waals surface area (Å²) in [5.41, 5.74) is 0.833. The van der Waals surface area contributed by atoms with E-state index in [0.29, 0.717) is 5.56 Å². The second-order valence-electron chi connectivity index (χ2n) is 5.60. The summed E-state index contributed by atoms with van der Waals surface area (Å²) in [4.78, 5) is 18.3. The fourth-order valence-corrected chi connectivity index (χ4v) is 2.60. The van der Waals surface area contributed by atoms with E-state index in [1.807, 2.05) is 0 Å².